The van der Waals surface area contributed by atoms with E-state index in [4.69, 9.17) is 4.74 Å². The van der Waals surface area contributed by atoms with Crippen LogP contribution in [0.1, 0.15) is 105 Å². The number of hydrogen-bond acceptors (Lipinski definition) is 6. The Labute approximate surface area is 274 Å². The second-order valence-corrected chi connectivity index (χ2v) is 17.2. The Morgan fingerprint density at radius 2 is 1.61 bits per heavy atom. The molecule has 5 aliphatic rings. The first-order valence-electron chi connectivity index (χ1n) is 17.4. The molecule has 1 aromatic rings. The maximum atomic E-state index is 13.0. The van der Waals surface area contributed by atoms with Gasteiger partial charge in [0.2, 0.25) is 0 Å². The third-order valence-corrected chi connectivity index (χ3v) is 14.9. The van der Waals surface area contributed by atoms with Gasteiger partial charge in [-0.15, -0.1) is 0 Å². The molecule has 4 N–H and O–H groups in total. The largest absolute Gasteiger partial charge is 0.508 e. The first-order valence-corrected chi connectivity index (χ1v) is 17.4. The number of phenols is 1. The van der Waals surface area contributed by atoms with E-state index in [1.165, 1.54) is 6.08 Å². The highest BCUT2D eigenvalue weighted by molar-refractivity contribution is 5.87. The Morgan fingerprint density at radius 1 is 0.935 bits per heavy atom. The fraction of sp³-hybridized carbons (Fsp3) is 0.692. The zero-order chi connectivity index (χ0) is 33.7. The molecule has 4 saturated carbocycles. The monoisotopic (exact) mass is 634 g/mol. The smallest absolute Gasteiger partial charge is 0.331 e. The minimum absolute atomic E-state index is 0.0110. The summed E-state index contributed by atoms with van der Waals surface area (Å²) in [6.07, 6.45) is 9.72. The van der Waals surface area contributed by atoms with Crippen molar-refractivity contribution in [2.45, 2.75) is 118 Å². The lowest BCUT2D eigenvalue weighted by Crippen LogP contribution is -2.69. The van der Waals surface area contributed by atoms with Crippen molar-refractivity contribution in [2.75, 3.05) is 0 Å². The molecule has 46 heavy (non-hydrogen) atoms. The van der Waals surface area contributed by atoms with Gasteiger partial charge in [-0.3, -0.25) is 4.79 Å². The molecule has 0 unspecified atom stereocenters. The van der Waals surface area contributed by atoms with Gasteiger partial charge >= 0.3 is 11.9 Å². The molecule has 0 saturated heterocycles. The number of aromatic hydroxyl groups is 1. The highest BCUT2D eigenvalue weighted by Gasteiger charge is 2.72. The summed E-state index contributed by atoms with van der Waals surface area (Å²) in [6, 6.07) is 6.57. The van der Waals surface area contributed by atoms with Crippen LogP contribution in [0.3, 0.4) is 0 Å². The number of rotatable bonds is 4. The minimum atomic E-state index is -1.11. The standard InChI is InChI=1S/C39H54O7/c1-23-16-19-39(33(43)44)21-20-36(5)26(31(39)38(23,7)45)13-14-29-35(4)22-27(41)32(34(2,3)28(35)17-18-37(29,36)6)46-30(42)15-10-24-8-11-25(40)12-9-24/h8-13,15,23,27-29,31-32,40-41,45H,14,16-22H2,1-7H3,(H,43,44)/t23-,27+,28-,29-,31+,32-,35-,36-,37+,38+,39+/m0/s1. The van der Waals surface area contributed by atoms with E-state index >= 15 is 0 Å². The van der Waals surface area contributed by atoms with Crippen LogP contribution in [0.15, 0.2) is 42.0 Å². The summed E-state index contributed by atoms with van der Waals surface area (Å²) in [4.78, 5) is 26.0. The van der Waals surface area contributed by atoms with Gasteiger partial charge in [0.25, 0.3) is 0 Å². The SMILES string of the molecule is C[C@H]1CC[C@@]2(C(=O)O)CC[C@@]3(C)C(=CC[C@H]4[C@@]5(C)C[C@@H](O)[C@H](OC(=O)C=Cc6ccc(O)cc6)C(C)(C)[C@@H]5CC[C@]43C)[C@@H]2[C@]1(C)O. The van der Waals surface area contributed by atoms with E-state index in [0.717, 1.165) is 36.8 Å². The molecule has 0 aliphatic heterocycles. The van der Waals surface area contributed by atoms with Crippen molar-refractivity contribution in [2.24, 2.45) is 50.7 Å². The number of fused-ring (bicyclic) bond motifs is 7. The van der Waals surface area contributed by atoms with Crippen LogP contribution < -0.4 is 0 Å². The molecule has 6 rings (SSSR count). The lowest BCUT2D eigenvalue weighted by molar-refractivity contribution is -0.242. The molecular weight excluding hydrogens is 580 g/mol. The molecule has 5 aliphatic carbocycles. The van der Waals surface area contributed by atoms with E-state index in [1.54, 1.807) is 30.3 Å². The van der Waals surface area contributed by atoms with Crippen molar-refractivity contribution >= 4 is 18.0 Å². The van der Waals surface area contributed by atoms with Gasteiger partial charge in [0.15, 0.2) is 0 Å². The molecule has 1 aromatic carbocycles. The molecule has 7 nitrogen and oxygen atoms in total. The number of benzene rings is 1. The van der Waals surface area contributed by atoms with Crippen LogP contribution in [0.5, 0.6) is 5.75 Å². The summed E-state index contributed by atoms with van der Waals surface area (Å²) < 4.78 is 6.03. The molecular formula is C39H54O7. The Hall–Kier alpha value is -2.64. The van der Waals surface area contributed by atoms with Gasteiger partial charge in [0, 0.05) is 17.4 Å². The van der Waals surface area contributed by atoms with E-state index in [0.29, 0.717) is 25.7 Å². The van der Waals surface area contributed by atoms with Crippen molar-refractivity contribution in [3.63, 3.8) is 0 Å². The predicted octanol–water partition coefficient (Wildman–Crippen LogP) is 7.15. The lowest BCUT2D eigenvalue weighted by atomic mass is 9.33. The maximum absolute atomic E-state index is 13.0. The summed E-state index contributed by atoms with van der Waals surface area (Å²) >= 11 is 0. The van der Waals surface area contributed by atoms with Crippen LogP contribution in [-0.2, 0) is 14.3 Å². The van der Waals surface area contributed by atoms with Crippen LogP contribution in [0.25, 0.3) is 6.08 Å². The number of carboxylic acid groups (broad SMARTS) is 1. The van der Waals surface area contributed by atoms with E-state index < -0.39 is 46.5 Å². The van der Waals surface area contributed by atoms with Gasteiger partial charge in [-0.25, -0.2) is 4.79 Å². The number of aliphatic hydroxyl groups excluding tert-OH is 1. The van der Waals surface area contributed by atoms with Gasteiger partial charge in [-0.1, -0.05) is 65.3 Å². The van der Waals surface area contributed by atoms with E-state index in [-0.39, 0.29) is 39.7 Å². The molecule has 252 valence electrons. The first-order chi connectivity index (χ1) is 21.3. The Balaban J connectivity index is 1.31. The Kier molecular flexibility index (Phi) is 7.73. The number of allylic oxidation sites excluding steroid dienone is 1. The zero-order valence-electron chi connectivity index (χ0n) is 28.7. The van der Waals surface area contributed by atoms with Crippen molar-refractivity contribution in [3.05, 3.63) is 47.6 Å². The summed E-state index contributed by atoms with van der Waals surface area (Å²) in [7, 11) is 0. The second kappa shape index (κ2) is 10.7. The van der Waals surface area contributed by atoms with Gasteiger partial charge < -0.3 is 25.2 Å². The number of carbonyl (C=O) groups excluding carboxylic acids is 1. The second-order valence-electron chi connectivity index (χ2n) is 17.2. The van der Waals surface area contributed by atoms with Crippen LogP contribution in [0.2, 0.25) is 0 Å². The summed E-state index contributed by atoms with van der Waals surface area (Å²) in [6.45, 7) is 15.3. The molecule has 0 bridgehead atoms. The van der Waals surface area contributed by atoms with Crippen LogP contribution in [0.4, 0.5) is 0 Å². The van der Waals surface area contributed by atoms with Crippen molar-refractivity contribution in [1.29, 1.82) is 0 Å². The van der Waals surface area contributed by atoms with Crippen molar-refractivity contribution < 1.29 is 34.8 Å². The molecule has 0 amide bonds. The first kappa shape index (κ1) is 33.3. The summed E-state index contributed by atoms with van der Waals surface area (Å²) in [5, 5.41) is 44.0. The number of esters is 1. The van der Waals surface area contributed by atoms with Crippen molar-refractivity contribution in [1.82, 2.24) is 0 Å². The third-order valence-electron chi connectivity index (χ3n) is 14.9. The van der Waals surface area contributed by atoms with Crippen LogP contribution >= 0.6 is 0 Å². The molecule has 4 fully saturated rings. The fourth-order valence-electron chi connectivity index (χ4n) is 12.1. The van der Waals surface area contributed by atoms with Gasteiger partial charge in [-0.2, -0.15) is 0 Å². The van der Waals surface area contributed by atoms with Crippen molar-refractivity contribution in [3.8, 4) is 5.75 Å². The number of ether oxygens (including phenoxy) is 1. The molecule has 0 radical (unpaired) electrons. The highest BCUT2D eigenvalue weighted by Crippen LogP contribution is 2.76. The number of aliphatic hydroxyl groups is 2. The van der Waals surface area contributed by atoms with Crippen LogP contribution in [-0.4, -0.2) is 50.2 Å². The molecule has 0 aromatic heterocycles. The number of carbonyl (C=O) groups is 2. The topological polar surface area (TPSA) is 124 Å². The van der Waals surface area contributed by atoms with E-state index in [1.807, 2.05) is 6.92 Å². The average Bonchev–Trinajstić information content (AvgIpc) is 2.97. The van der Waals surface area contributed by atoms with E-state index in [2.05, 4.69) is 47.6 Å². The van der Waals surface area contributed by atoms with Gasteiger partial charge in [0.05, 0.1) is 17.1 Å². The minimum Gasteiger partial charge on any atom is -0.508 e. The van der Waals surface area contributed by atoms with Crippen LogP contribution in [0, 0.1) is 50.7 Å². The number of phenolic OH excluding ortho intramolecular Hbond substituents is 1. The maximum Gasteiger partial charge on any atom is 0.331 e. The van der Waals surface area contributed by atoms with E-state index in [9.17, 15) is 30.0 Å². The van der Waals surface area contributed by atoms with Gasteiger partial charge in [-0.05, 0) is 116 Å². The average molecular weight is 635 g/mol. The zero-order valence-corrected chi connectivity index (χ0v) is 28.7. The van der Waals surface area contributed by atoms with Gasteiger partial charge in [0.1, 0.15) is 11.9 Å². The predicted molar refractivity (Wildman–Crippen MR) is 176 cm³/mol. The summed E-state index contributed by atoms with van der Waals surface area (Å²) in [5.74, 6) is -1.07. The molecule has 7 heteroatoms. The quantitative estimate of drug-likeness (QED) is 0.158. The molecule has 0 spiro atoms. The molecule has 11 atom stereocenters. The number of aliphatic carboxylic acids is 1. The molecule has 0 heterocycles. The summed E-state index contributed by atoms with van der Waals surface area (Å²) in [5.41, 5.74) is -1.25. The number of hydrogen-bond donors (Lipinski definition) is 4. The third kappa shape index (κ3) is 4.50. The highest BCUT2D eigenvalue weighted by atomic mass is 16.6. The fourth-order valence-corrected chi connectivity index (χ4v) is 12.1. The normalized spacial score (nSPS) is 46.2. The number of carboxylic acids is 1. The Bertz CT molecular complexity index is 1460. The lowest BCUT2D eigenvalue weighted by Gasteiger charge is -2.72. The Morgan fingerprint density at radius 3 is 2.26 bits per heavy atom.